The number of ether oxygens (including phenoxy) is 1. The van der Waals surface area contributed by atoms with Gasteiger partial charge >= 0.3 is 5.97 Å². The summed E-state index contributed by atoms with van der Waals surface area (Å²) in [5.74, 6) is -0.642. The van der Waals surface area contributed by atoms with Crippen molar-refractivity contribution in [3.8, 4) is 5.75 Å². The SMILES string of the molecule is COC(=O)c1ccc(O)c(NC(=NCc2cc(Br)ccc2F)NCc2cccs2)c1. The zero-order valence-electron chi connectivity index (χ0n) is 16.0. The van der Waals surface area contributed by atoms with E-state index in [0.29, 0.717) is 18.1 Å². The first-order chi connectivity index (χ1) is 14.5. The van der Waals surface area contributed by atoms with Gasteiger partial charge in [-0.25, -0.2) is 14.2 Å². The van der Waals surface area contributed by atoms with E-state index in [1.54, 1.807) is 23.5 Å². The van der Waals surface area contributed by atoms with E-state index >= 15 is 0 Å². The van der Waals surface area contributed by atoms with Crippen molar-refractivity contribution in [2.24, 2.45) is 4.99 Å². The molecule has 0 aliphatic rings. The number of hydrogen-bond acceptors (Lipinski definition) is 5. The standard InChI is InChI=1S/C21H19BrFN3O3S/c1-29-20(28)13-4-7-19(27)18(10-13)26-21(25-12-16-3-2-8-30-16)24-11-14-9-15(22)5-6-17(14)23/h2-10,27H,11-12H2,1H3,(H2,24,25,26). The fourth-order valence-corrected chi connectivity index (χ4v) is 3.61. The molecule has 3 N–H and O–H groups in total. The van der Waals surface area contributed by atoms with Crippen LogP contribution in [0.5, 0.6) is 5.75 Å². The second kappa shape index (κ2) is 10.2. The van der Waals surface area contributed by atoms with Gasteiger partial charge in [-0.05, 0) is 47.8 Å². The maximum Gasteiger partial charge on any atom is 0.337 e. The number of methoxy groups -OCH3 is 1. The van der Waals surface area contributed by atoms with E-state index in [-0.39, 0.29) is 29.4 Å². The maximum atomic E-state index is 14.1. The monoisotopic (exact) mass is 491 g/mol. The molecule has 0 saturated carbocycles. The Balaban J connectivity index is 1.85. The van der Waals surface area contributed by atoms with E-state index in [2.05, 4.69) is 31.6 Å². The quantitative estimate of drug-likeness (QED) is 0.197. The lowest BCUT2D eigenvalue weighted by molar-refractivity contribution is 0.0601. The number of hydrogen-bond donors (Lipinski definition) is 3. The zero-order chi connectivity index (χ0) is 21.5. The lowest BCUT2D eigenvalue weighted by atomic mass is 10.2. The van der Waals surface area contributed by atoms with Gasteiger partial charge in [-0.2, -0.15) is 0 Å². The predicted molar refractivity (Wildman–Crippen MR) is 119 cm³/mol. The summed E-state index contributed by atoms with van der Waals surface area (Å²) in [4.78, 5) is 17.3. The second-order valence-electron chi connectivity index (χ2n) is 6.18. The Morgan fingerprint density at radius 2 is 2.10 bits per heavy atom. The number of halogens is 2. The van der Waals surface area contributed by atoms with Crippen LogP contribution in [-0.4, -0.2) is 24.1 Å². The number of phenols is 1. The molecule has 0 spiro atoms. The van der Waals surface area contributed by atoms with E-state index in [1.165, 1.54) is 31.4 Å². The number of benzene rings is 2. The molecule has 1 heterocycles. The largest absolute Gasteiger partial charge is 0.506 e. The van der Waals surface area contributed by atoms with Crippen molar-refractivity contribution in [1.82, 2.24) is 5.32 Å². The van der Waals surface area contributed by atoms with Crippen LogP contribution < -0.4 is 10.6 Å². The number of nitrogens with zero attached hydrogens (tertiary/aromatic N) is 1. The third-order valence-corrected chi connectivity index (χ3v) is 5.47. The Morgan fingerprint density at radius 3 is 2.83 bits per heavy atom. The number of anilines is 1. The molecule has 1 aromatic heterocycles. The van der Waals surface area contributed by atoms with Gasteiger partial charge in [-0.3, -0.25) is 0 Å². The highest BCUT2D eigenvalue weighted by Gasteiger charge is 2.12. The van der Waals surface area contributed by atoms with Crippen LogP contribution in [0.3, 0.4) is 0 Å². The summed E-state index contributed by atoms with van der Waals surface area (Å²) in [6.07, 6.45) is 0. The van der Waals surface area contributed by atoms with Gasteiger partial charge in [0.1, 0.15) is 11.6 Å². The van der Waals surface area contributed by atoms with Crippen molar-refractivity contribution in [2.75, 3.05) is 12.4 Å². The van der Waals surface area contributed by atoms with Crippen molar-refractivity contribution in [1.29, 1.82) is 0 Å². The molecule has 156 valence electrons. The molecule has 6 nitrogen and oxygen atoms in total. The summed E-state index contributed by atoms with van der Waals surface area (Å²) in [6, 6.07) is 12.9. The van der Waals surface area contributed by atoms with Gasteiger partial charge in [-0.1, -0.05) is 22.0 Å². The Morgan fingerprint density at radius 1 is 1.27 bits per heavy atom. The minimum absolute atomic E-state index is 0.0677. The van der Waals surface area contributed by atoms with Gasteiger partial charge in [-0.15, -0.1) is 11.3 Å². The molecule has 2 aromatic carbocycles. The number of thiophene rings is 1. The third kappa shape index (κ3) is 5.80. The van der Waals surface area contributed by atoms with Crippen molar-refractivity contribution in [3.05, 3.63) is 80.2 Å². The topological polar surface area (TPSA) is 83.0 Å². The molecule has 0 saturated heterocycles. The van der Waals surface area contributed by atoms with Gasteiger partial charge in [0.2, 0.25) is 0 Å². The van der Waals surface area contributed by atoms with Gasteiger partial charge in [0.15, 0.2) is 5.96 Å². The summed E-state index contributed by atoms with van der Waals surface area (Å²) >= 11 is 4.91. The maximum absolute atomic E-state index is 14.1. The van der Waals surface area contributed by atoms with E-state index in [4.69, 9.17) is 4.74 Å². The molecular weight excluding hydrogens is 473 g/mol. The Kier molecular flexibility index (Phi) is 7.42. The van der Waals surface area contributed by atoms with Gasteiger partial charge in [0, 0.05) is 14.9 Å². The molecule has 3 rings (SSSR count). The molecule has 0 aliphatic heterocycles. The van der Waals surface area contributed by atoms with Crippen LogP contribution in [-0.2, 0) is 17.8 Å². The third-order valence-electron chi connectivity index (χ3n) is 4.10. The number of aliphatic imine (C=N–C) groups is 1. The fourth-order valence-electron chi connectivity index (χ4n) is 2.56. The van der Waals surface area contributed by atoms with Crippen LogP contribution in [0, 0.1) is 5.82 Å². The minimum atomic E-state index is -0.528. The second-order valence-corrected chi connectivity index (χ2v) is 8.13. The van der Waals surface area contributed by atoms with E-state index in [9.17, 15) is 14.3 Å². The van der Waals surface area contributed by atoms with Crippen LogP contribution in [0.2, 0.25) is 0 Å². The summed E-state index contributed by atoms with van der Waals surface area (Å²) in [5.41, 5.74) is 0.951. The molecule has 0 fully saturated rings. The van der Waals surface area contributed by atoms with Crippen molar-refractivity contribution in [2.45, 2.75) is 13.1 Å². The first-order valence-corrected chi connectivity index (χ1v) is 10.6. The summed E-state index contributed by atoms with van der Waals surface area (Å²) < 4.78 is 19.6. The molecule has 0 amide bonds. The van der Waals surface area contributed by atoms with Gasteiger partial charge in [0.05, 0.1) is 31.5 Å². The highest BCUT2D eigenvalue weighted by Crippen LogP contribution is 2.25. The molecule has 0 bridgehead atoms. The van der Waals surface area contributed by atoms with E-state index < -0.39 is 5.97 Å². The molecule has 0 radical (unpaired) electrons. The smallest absolute Gasteiger partial charge is 0.337 e. The number of carbonyl (C=O) groups excluding carboxylic acids is 1. The first-order valence-electron chi connectivity index (χ1n) is 8.89. The van der Waals surface area contributed by atoms with Crippen LogP contribution in [0.15, 0.2) is 63.4 Å². The number of carbonyl (C=O) groups is 1. The highest BCUT2D eigenvalue weighted by atomic mass is 79.9. The molecule has 0 aliphatic carbocycles. The van der Waals surface area contributed by atoms with E-state index in [0.717, 1.165) is 9.35 Å². The summed E-state index contributed by atoms with van der Waals surface area (Å²) in [5, 5.41) is 18.3. The van der Waals surface area contributed by atoms with Crippen LogP contribution in [0.4, 0.5) is 10.1 Å². The van der Waals surface area contributed by atoms with Crippen LogP contribution >= 0.6 is 27.3 Å². The first kappa shape index (κ1) is 21.8. The predicted octanol–water partition coefficient (Wildman–Crippen LogP) is 4.90. The normalized spacial score (nSPS) is 11.2. The molecule has 30 heavy (non-hydrogen) atoms. The lowest BCUT2D eigenvalue weighted by Gasteiger charge is -2.14. The van der Waals surface area contributed by atoms with Crippen molar-refractivity contribution in [3.63, 3.8) is 0 Å². The fraction of sp³-hybridized carbons (Fsp3) is 0.143. The highest BCUT2D eigenvalue weighted by molar-refractivity contribution is 9.10. The molecular formula is C21H19BrFN3O3S. The van der Waals surface area contributed by atoms with Crippen molar-refractivity contribution >= 4 is 44.9 Å². The summed E-state index contributed by atoms with van der Waals surface area (Å²) in [6.45, 7) is 0.560. The number of esters is 1. The van der Waals surface area contributed by atoms with Gasteiger partial charge < -0.3 is 20.5 Å². The molecule has 0 unspecified atom stereocenters. The van der Waals surface area contributed by atoms with Gasteiger partial charge in [0.25, 0.3) is 0 Å². The number of nitrogens with one attached hydrogen (secondary N) is 2. The molecule has 9 heteroatoms. The Bertz CT molecular complexity index is 1060. The number of rotatable bonds is 6. The van der Waals surface area contributed by atoms with E-state index in [1.807, 2.05) is 17.5 Å². The Labute approximate surface area is 185 Å². The molecule has 0 atom stereocenters. The summed E-state index contributed by atoms with van der Waals surface area (Å²) in [7, 11) is 1.28. The van der Waals surface area contributed by atoms with Crippen molar-refractivity contribution < 1.29 is 19.0 Å². The van der Waals surface area contributed by atoms with Crippen LogP contribution in [0.1, 0.15) is 20.8 Å². The lowest BCUT2D eigenvalue weighted by Crippen LogP contribution is -2.30. The number of guanidine groups is 1. The van der Waals surface area contributed by atoms with Crippen LogP contribution in [0.25, 0.3) is 0 Å². The Hall–Kier alpha value is -2.91. The average Bonchev–Trinajstić information content (AvgIpc) is 3.26. The minimum Gasteiger partial charge on any atom is -0.506 e. The number of phenolic OH excluding ortho intramolecular Hbond substituents is 1. The average molecular weight is 492 g/mol. The zero-order valence-corrected chi connectivity index (χ0v) is 18.4. The molecule has 3 aromatic rings. The number of aromatic hydroxyl groups is 1.